The number of H-pyrrole nitrogens is 1. The van der Waals surface area contributed by atoms with E-state index in [0.29, 0.717) is 15.6 Å². The summed E-state index contributed by atoms with van der Waals surface area (Å²) in [6.45, 7) is 2.71. The number of hydrogen-bond acceptors (Lipinski definition) is 2. The van der Waals surface area contributed by atoms with Gasteiger partial charge in [-0.15, -0.1) is 0 Å². The maximum Gasteiger partial charge on any atom is 0.326 e. The number of fused-ring (bicyclic) bond motifs is 1. The summed E-state index contributed by atoms with van der Waals surface area (Å²) < 4.78 is 28.8. The van der Waals surface area contributed by atoms with Gasteiger partial charge in [0.25, 0.3) is 0 Å². The second-order valence-electron chi connectivity index (χ2n) is 9.45. The summed E-state index contributed by atoms with van der Waals surface area (Å²) in [6, 6.07) is 16.7. The van der Waals surface area contributed by atoms with Gasteiger partial charge < -0.3 is 9.88 Å². The van der Waals surface area contributed by atoms with Gasteiger partial charge in [-0.1, -0.05) is 47.5 Å². The smallest absolute Gasteiger partial charge is 0.305 e. The number of imidazole rings is 1. The summed E-state index contributed by atoms with van der Waals surface area (Å²) in [5.41, 5.74) is 3.40. The molecule has 8 heteroatoms. The largest absolute Gasteiger partial charge is 0.326 e. The van der Waals surface area contributed by atoms with Gasteiger partial charge in [0.1, 0.15) is 11.6 Å². The van der Waals surface area contributed by atoms with E-state index in [0.717, 1.165) is 62.0 Å². The molecule has 1 fully saturated rings. The Hall–Kier alpha value is -2.67. The lowest BCUT2D eigenvalue weighted by atomic mass is 9.87. The van der Waals surface area contributed by atoms with Gasteiger partial charge in [-0.25, -0.2) is 13.6 Å². The predicted octanol–water partition coefficient (Wildman–Crippen LogP) is 7.16. The second-order valence-corrected chi connectivity index (χ2v) is 10.3. The van der Waals surface area contributed by atoms with E-state index in [1.165, 1.54) is 24.3 Å². The minimum absolute atomic E-state index is 0.0742. The molecule has 1 saturated heterocycles. The molecule has 0 saturated carbocycles. The fourth-order valence-electron chi connectivity index (χ4n) is 5.32. The Labute approximate surface area is 218 Å². The molecule has 4 nitrogen and oxygen atoms in total. The molecule has 3 aromatic carbocycles. The average Bonchev–Trinajstić information content (AvgIpc) is 3.18. The van der Waals surface area contributed by atoms with Crippen molar-refractivity contribution in [2.24, 2.45) is 0 Å². The first kappa shape index (κ1) is 25.0. The first-order valence-electron chi connectivity index (χ1n) is 12.2. The summed E-state index contributed by atoms with van der Waals surface area (Å²) in [6.07, 6.45) is 3.56. The van der Waals surface area contributed by atoms with E-state index >= 15 is 0 Å². The van der Waals surface area contributed by atoms with E-state index in [9.17, 15) is 13.6 Å². The number of rotatable bonds is 7. The molecule has 188 valence electrons. The van der Waals surface area contributed by atoms with Crippen molar-refractivity contribution in [1.29, 1.82) is 0 Å². The summed E-state index contributed by atoms with van der Waals surface area (Å²) in [5.74, 6) is -0.455. The first-order valence-corrected chi connectivity index (χ1v) is 13.0. The fraction of sp³-hybridized carbons (Fsp3) is 0.321. The SMILES string of the molecule is O=c1[nH]c2cc(Cl)c(Cl)cc2n1C1CCN(CCCC(c2ccc(F)cc2)c2ccc(F)cc2)CC1. The van der Waals surface area contributed by atoms with Crippen LogP contribution in [0.15, 0.2) is 65.5 Å². The summed E-state index contributed by atoms with van der Waals surface area (Å²) in [7, 11) is 0. The highest BCUT2D eigenvalue weighted by atomic mass is 35.5. The third kappa shape index (κ3) is 5.36. The third-order valence-electron chi connectivity index (χ3n) is 7.19. The van der Waals surface area contributed by atoms with Crippen LogP contribution in [0.4, 0.5) is 8.78 Å². The number of likely N-dealkylation sites (tertiary alicyclic amines) is 1. The molecule has 0 unspecified atom stereocenters. The molecular weight excluding hydrogens is 503 g/mol. The Morgan fingerprint density at radius 1 is 0.889 bits per heavy atom. The lowest BCUT2D eigenvalue weighted by molar-refractivity contribution is 0.183. The maximum atomic E-state index is 13.5. The van der Waals surface area contributed by atoms with Crippen LogP contribution in [0.5, 0.6) is 0 Å². The molecule has 0 spiro atoms. The van der Waals surface area contributed by atoms with Crippen LogP contribution in [0, 0.1) is 11.6 Å². The van der Waals surface area contributed by atoms with Crippen LogP contribution in [0.2, 0.25) is 10.0 Å². The second kappa shape index (κ2) is 10.8. The molecule has 0 atom stereocenters. The van der Waals surface area contributed by atoms with Gasteiger partial charge in [-0.3, -0.25) is 4.57 Å². The van der Waals surface area contributed by atoms with Gasteiger partial charge in [0.2, 0.25) is 0 Å². The van der Waals surface area contributed by atoms with Crippen molar-refractivity contribution in [2.45, 2.75) is 37.6 Å². The Balaban J connectivity index is 1.22. The van der Waals surface area contributed by atoms with Crippen LogP contribution in [-0.4, -0.2) is 34.1 Å². The molecule has 0 amide bonds. The van der Waals surface area contributed by atoms with Crippen LogP contribution in [-0.2, 0) is 0 Å². The quantitative estimate of drug-likeness (QED) is 0.275. The molecule has 0 radical (unpaired) electrons. The van der Waals surface area contributed by atoms with Crippen LogP contribution in [0.25, 0.3) is 11.0 Å². The Morgan fingerprint density at radius 3 is 2.03 bits per heavy atom. The zero-order valence-corrected chi connectivity index (χ0v) is 21.2. The molecule has 36 heavy (non-hydrogen) atoms. The minimum atomic E-state index is -0.265. The van der Waals surface area contributed by atoms with E-state index in [4.69, 9.17) is 23.2 Å². The van der Waals surface area contributed by atoms with Gasteiger partial charge in [-0.05, 0) is 79.8 Å². The number of aromatic amines is 1. The lowest BCUT2D eigenvalue weighted by Gasteiger charge is -2.33. The third-order valence-corrected chi connectivity index (χ3v) is 7.91. The number of hydrogen-bond donors (Lipinski definition) is 1. The Kier molecular flexibility index (Phi) is 7.47. The molecule has 2 heterocycles. The van der Waals surface area contributed by atoms with Crippen LogP contribution < -0.4 is 5.69 Å². The molecule has 1 N–H and O–H groups in total. The van der Waals surface area contributed by atoms with Crippen molar-refractivity contribution in [3.63, 3.8) is 0 Å². The van der Waals surface area contributed by atoms with Crippen molar-refractivity contribution in [1.82, 2.24) is 14.5 Å². The fourth-order valence-corrected chi connectivity index (χ4v) is 5.64. The highest BCUT2D eigenvalue weighted by Crippen LogP contribution is 2.32. The molecule has 4 aromatic rings. The van der Waals surface area contributed by atoms with Gasteiger partial charge in [0.05, 0.1) is 21.1 Å². The molecular formula is C28H27Cl2F2N3O. The first-order chi connectivity index (χ1) is 17.4. The zero-order chi connectivity index (χ0) is 25.2. The lowest BCUT2D eigenvalue weighted by Crippen LogP contribution is -2.37. The molecule has 0 aliphatic carbocycles. The minimum Gasteiger partial charge on any atom is -0.305 e. The number of nitrogens with one attached hydrogen (secondary N) is 1. The number of nitrogens with zero attached hydrogens (tertiary/aromatic N) is 2. The van der Waals surface area contributed by atoms with Gasteiger partial charge >= 0.3 is 5.69 Å². The van der Waals surface area contributed by atoms with E-state index in [2.05, 4.69) is 9.88 Å². The van der Waals surface area contributed by atoms with Gasteiger partial charge in [-0.2, -0.15) is 0 Å². The van der Waals surface area contributed by atoms with Crippen LogP contribution in [0.3, 0.4) is 0 Å². The zero-order valence-electron chi connectivity index (χ0n) is 19.7. The highest BCUT2D eigenvalue weighted by Gasteiger charge is 2.24. The average molecular weight is 530 g/mol. The van der Waals surface area contributed by atoms with Gasteiger partial charge in [0, 0.05) is 25.0 Å². The molecule has 0 bridgehead atoms. The maximum absolute atomic E-state index is 13.5. The molecule has 5 rings (SSSR count). The number of benzene rings is 3. The monoisotopic (exact) mass is 529 g/mol. The van der Waals surface area contributed by atoms with Crippen LogP contribution in [0.1, 0.15) is 48.8 Å². The molecule has 1 aromatic heterocycles. The Morgan fingerprint density at radius 2 is 1.44 bits per heavy atom. The van der Waals surface area contributed by atoms with Gasteiger partial charge in [0.15, 0.2) is 0 Å². The number of halogens is 4. The van der Waals surface area contributed by atoms with Crippen molar-refractivity contribution < 1.29 is 8.78 Å². The summed E-state index contributed by atoms with van der Waals surface area (Å²) >= 11 is 12.3. The number of aromatic nitrogens is 2. The standard InChI is InChI=1S/C28H27Cl2F2N3O/c29-24-16-26-27(17-25(24)30)35(28(36)33-26)22-11-14-34(15-12-22)13-1-2-23(18-3-7-20(31)8-4-18)19-5-9-21(32)10-6-19/h3-10,16-17,22-23H,1-2,11-15H2,(H,33,36). The van der Waals surface area contributed by atoms with E-state index < -0.39 is 0 Å². The molecule has 1 aliphatic heterocycles. The van der Waals surface area contributed by atoms with Crippen molar-refractivity contribution in [3.05, 3.63) is 104 Å². The Bertz CT molecular complexity index is 1350. The number of piperidine rings is 1. The normalized spacial score (nSPS) is 15.2. The highest BCUT2D eigenvalue weighted by molar-refractivity contribution is 6.42. The van der Waals surface area contributed by atoms with Crippen molar-refractivity contribution >= 4 is 34.2 Å². The topological polar surface area (TPSA) is 41.0 Å². The van der Waals surface area contributed by atoms with Crippen molar-refractivity contribution in [2.75, 3.05) is 19.6 Å². The van der Waals surface area contributed by atoms with Crippen LogP contribution >= 0.6 is 23.2 Å². The molecule has 1 aliphatic rings. The van der Waals surface area contributed by atoms with E-state index in [1.807, 2.05) is 28.8 Å². The summed E-state index contributed by atoms with van der Waals surface area (Å²) in [5, 5.41) is 0.859. The van der Waals surface area contributed by atoms with E-state index in [-0.39, 0.29) is 29.3 Å². The van der Waals surface area contributed by atoms with Crippen molar-refractivity contribution in [3.8, 4) is 0 Å². The van der Waals surface area contributed by atoms with E-state index in [1.54, 1.807) is 12.1 Å². The summed E-state index contributed by atoms with van der Waals surface area (Å²) in [4.78, 5) is 18.0. The predicted molar refractivity (Wildman–Crippen MR) is 141 cm³/mol.